The Balaban J connectivity index is 2.05. The van der Waals surface area contributed by atoms with Gasteiger partial charge in [0, 0.05) is 39.5 Å². The summed E-state index contributed by atoms with van der Waals surface area (Å²) in [5.74, 6) is -3.85. The number of hydrogen-bond acceptors (Lipinski definition) is 5. The monoisotopic (exact) mass is 353 g/mol. The van der Waals surface area contributed by atoms with Crippen molar-refractivity contribution in [3.05, 3.63) is 65.7 Å². The minimum absolute atomic E-state index is 0.469. The molecule has 1 atom stereocenters. The van der Waals surface area contributed by atoms with Crippen molar-refractivity contribution in [1.29, 1.82) is 0 Å². The first-order valence-electron chi connectivity index (χ1n) is 8.56. The third kappa shape index (κ3) is 3.57. The van der Waals surface area contributed by atoms with Crippen LogP contribution in [-0.4, -0.2) is 31.8 Å². The predicted octanol–water partition coefficient (Wildman–Crippen LogP) is 3.34. The Morgan fingerprint density at radius 2 is 1.35 bits per heavy atom. The van der Waals surface area contributed by atoms with Crippen molar-refractivity contribution in [1.82, 2.24) is 0 Å². The topological polar surface area (TPSA) is 55.8 Å². The van der Waals surface area contributed by atoms with Crippen LogP contribution in [0.15, 0.2) is 54.6 Å². The van der Waals surface area contributed by atoms with Crippen LogP contribution >= 0.6 is 0 Å². The molecular weight excluding hydrogens is 330 g/mol. The number of anilines is 1. The predicted molar refractivity (Wildman–Crippen MR) is 98.8 cm³/mol. The van der Waals surface area contributed by atoms with Gasteiger partial charge in [-0.15, -0.1) is 0 Å². The van der Waals surface area contributed by atoms with E-state index in [1.807, 2.05) is 73.6 Å². The molecule has 0 aliphatic carbocycles. The van der Waals surface area contributed by atoms with E-state index in [1.54, 1.807) is 13.8 Å². The van der Waals surface area contributed by atoms with Gasteiger partial charge in [0.15, 0.2) is 5.92 Å². The summed E-state index contributed by atoms with van der Waals surface area (Å²) in [6.45, 7) is 3.12. The standard InChI is InChI=1S/C21H23NO4/c1-21(2)25-19(23)18(20(24)26-21)17(14-8-6-5-7-9-14)15-10-12-16(13-11-15)22(3)4/h5-13,17-18H,1-4H3. The lowest BCUT2D eigenvalue weighted by atomic mass is 9.80. The Labute approximate surface area is 153 Å². The molecule has 1 fully saturated rings. The fourth-order valence-corrected chi connectivity index (χ4v) is 3.22. The Bertz CT molecular complexity index is 777. The van der Waals surface area contributed by atoms with Crippen LogP contribution in [-0.2, 0) is 19.1 Å². The number of esters is 2. The van der Waals surface area contributed by atoms with E-state index in [2.05, 4.69) is 0 Å². The van der Waals surface area contributed by atoms with Crippen LogP contribution in [0, 0.1) is 5.92 Å². The molecule has 0 spiro atoms. The molecule has 0 saturated carbocycles. The maximum absolute atomic E-state index is 12.7. The first kappa shape index (κ1) is 18.0. The van der Waals surface area contributed by atoms with Gasteiger partial charge in [-0.2, -0.15) is 0 Å². The SMILES string of the molecule is CN(C)c1ccc(C(c2ccccc2)C2C(=O)OC(C)(C)OC2=O)cc1. The molecule has 0 bridgehead atoms. The molecule has 0 radical (unpaired) electrons. The highest BCUT2D eigenvalue weighted by molar-refractivity contribution is 5.98. The highest BCUT2D eigenvalue weighted by atomic mass is 16.7. The van der Waals surface area contributed by atoms with Gasteiger partial charge in [-0.25, -0.2) is 0 Å². The smallest absolute Gasteiger partial charge is 0.324 e. The van der Waals surface area contributed by atoms with Crippen molar-refractivity contribution in [3.8, 4) is 0 Å². The summed E-state index contributed by atoms with van der Waals surface area (Å²) < 4.78 is 10.7. The van der Waals surface area contributed by atoms with E-state index in [-0.39, 0.29) is 0 Å². The van der Waals surface area contributed by atoms with E-state index < -0.39 is 29.6 Å². The fraction of sp³-hybridized carbons (Fsp3) is 0.333. The largest absolute Gasteiger partial charge is 0.422 e. The molecule has 1 unspecified atom stereocenters. The van der Waals surface area contributed by atoms with Gasteiger partial charge in [-0.3, -0.25) is 9.59 Å². The summed E-state index contributed by atoms with van der Waals surface area (Å²) in [7, 11) is 3.92. The molecule has 1 aliphatic heterocycles. The zero-order chi connectivity index (χ0) is 18.9. The average molecular weight is 353 g/mol. The van der Waals surface area contributed by atoms with E-state index in [0.717, 1.165) is 16.8 Å². The molecule has 3 rings (SSSR count). The molecule has 1 saturated heterocycles. The Morgan fingerprint density at radius 3 is 1.85 bits per heavy atom. The summed E-state index contributed by atoms with van der Waals surface area (Å²) >= 11 is 0. The average Bonchev–Trinajstić information content (AvgIpc) is 2.58. The molecule has 0 N–H and O–H groups in total. The van der Waals surface area contributed by atoms with Gasteiger partial charge in [0.05, 0.1) is 0 Å². The minimum Gasteiger partial charge on any atom is -0.422 e. The number of ether oxygens (including phenoxy) is 2. The minimum atomic E-state index is -1.24. The number of rotatable bonds is 4. The number of carbonyl (C=O) groups is 2. The van der Waals surface area contributed by atoms with Gasteiger partial charge in [0.2, 0.25) is 0 Å². The molecule has 1 heterocycles. The summed E-state index contributed by atoms with van der Waals surface area (Å²) in [5, 5.41) is 0. The van der Waals surface area contributed by atoms with Crippen LogP contribution in [0.25, 0.3) is 0 Å². The lowest BCUT2D eigenvalue weighted by Crippen LogP contribution is -2.48. The summed E-state index contributed by atoms with van der Waals surface area (Å²) in [6, 6.07) is 17.3. The number of hydrogen-bond donors (Lipinski definition) is 0. The molecule has 0 aromatic heterocycles. The van der Waals surface area contributed by atoms with E-state index in [0.29, 0.717) is 0 Å². The molecule has 5 heteroatoms. The van der Waals surface area contributed by atoms with Gasteiger partial charge >= 0.3 is 11.9 Å². The molecule has 1 aliphatic rings. The van der Waals surface area contributed by atoms with Gasteiger partial charge in [0.1, 0.15) is 0 Å². The second-order valence-corrected chi connectivity index (χ2v) is 7.09. The van der Waals surface area contributed by atoms with Crippen molar-refractivity contribution in [3.63, 3.8) is 0 Å². The first-order chi connectivity index (χ1) is 12.3. The second-order valence-electron chi connectivity index (χ2n) is 7.09. The number of carbonyl (C=O) groups excluding carboxylic acids is 2. The number of cyclic esters (lactones) is 2. The molecular formula is C21H23NO4. The summed E-state index contributed by atoms with van der Waals surface area (Å²) in [5.41, 5.74) is 2.76. The molecule has 136 valence electrons. The third-order valence-corrected chi connectivity index (χ3v) is 4.46. The highest BCUT2D eigenvalue weighted by Crippen LogP contribution is 2.38. The Hall–Kier alpha value is -2.82. The molecule has 26 heavy (non-hydrogen) atoms. The van der Waals surface area contributed by atoms with Crippen LogP contribution in [0.5, 0.6) is 0 Å². The van der Waals surface area contributed by atoms with Crippen molar-refractivity contribution >= 4 is 17.6 Å². The summed E-state index contributed by atoms with van der Waals surface area (Å²) in [6.07, 6.45) is 0. The molecule has 2 aromatic rings. The lowest BCUT2D eigenvalue weighted by molar-refractivity contribution is -0.240. The van der Waals surface area contributed by atoms with Crippen LogP contribution in [0.3, 0.4) is 0 Å². The second kappa shape index (κ2) is 6.83. The van der Waals surface area contributed by atoms with Crippen molar-refractivity contribution in [2.45, 2.75) is 25.6 Å². The van der Waals surface area contributed by atoms with Crippen LogP contribution in [0.4, 0.5) is 5.69 Å². The van der Waals surface area contributed by atoms with Crippen LogP contribution in [0.2, 0.25) is 0 Å². The van der Waals surface area contributed by atoms with Gasteiger partial charge in [-0.1, -0.05) is 42.5 Å². The third-order valence-electron chi connectivity index (χ3n) is 4.46. The van der Waals surface area contributed by atoms with Crippen LogP contribution in [0.1, 0.15) is 30.9 Å². The maximum atomic E-state index is 12.7. The lowest BCUT2D eigenvalue weighted by Gasteiger charge is -2.36. The van der Waals surface area contributed by atoms with Crippen molar-refractivity contribution < 1.29 is 19.1 Å². The zero-order valence-electron chi connectivity index (χ0n) is 15.4. The highest BCUT2D eigenvalue weighted by Gasteiger charge is 2.48. The summed E-state index contributed by atoms with van der Waals surface area (Å²) in [4.78, 5) is 27.3. The van der Waals surface area contributed by atoms with Gasteiger partial charge in [-0.05, 0) is 23.3 Å². The Morgan fingerprint density at radius 1 is 0.846 bits per heavy atom. The molecule has 5 nitrogen and oxygen atoms in total. The van der Waals surface area contributed by atoms with E-state index in [9.17, 15) is 9.59 Å². The van der Waals surface area contributed by atoms with E-state index >= 15 is 0 Å². The van der Waals surface area contributed by atoms with E-state index in [1.165, 1.54) is 0 Å². The molecule has 0 amide bonds. The number of nitrogens with zero attached hydrogens (tertiary/aromatic N) is 1. The maximum Gasteiger partial charge on any atom is 0.324 e. The molecule has 2 aromatic carbocycles. The normalized spacial score (nSPS) is 18.0. The van der Waals surface area contributed by atoms with Gasteiger partial charge < -0.3 is 14.4 Å². The van der Waals surface area contributed by atoms with Crippen molar-refractivity contribution in [2.24, 2.45) is 5.92 Å². The first-order valence-corrected chi connectivity index (χ1v) is 8.56. The quantitative estimate of drug-likeness (QED) is 0.623. The zero-order valence-corrected chi connectivity index (χ0v) is 15.4. The Kier molecular flexibility index (Phi) is 4.72. The van der Waals surface area contributed by atoms with Crippen LogP contribution < -0.4 is 4.90 Å². The van der Waals surface area contributed by atoms with Crippen molar-refractivity contribution in [2.75, 3.05) is 19.0 Å². The number of benzene rings is 2. The van der Waals surface area contributed by atoms with E-state index in [4.69, 9.17) is 9.47 Å². The van der Waals surface area contributed by atoms with Gasteiger partial charge in [0.25, 0.3) is 5.79 Å². The fourth-order valence-electron chi connectivity index (χ4n) is 3.22.